The Morgan fingerprint density at radius 3 is 1.00 bits per heavy atom. The van der Waals surface area contributed by atoms with Crippen LogP contribution in [0, 0.1) is 30.6 Å². The van der Waals surface area contributed by atoms with E-state index in [1.54, 1.807) is 28.2 Å². The molecule has 0 aromatic rings. The van der Waals surface area contributed by atoms with Crippen molar-refractivity contribution in [3.63, 3.8) is 0 Å². The first kappa shape index (κ1) is 25.7. The van der Waals surface area contributed by atoms with Crippen LogP contribution in [0.2, 0.25) is 0 Å². The van der Waals surface area contributed by atoms with Gasteiger partial charge >= 0.3 is 12.0 Å². The van der Waals surface area contributed by atoms with Gasteiger partial charge < -0.3 is 40.9 Å². The fourth-order valence-electron chi connectivity index (χ4n) is 0.250. The Bertz CT molecular complexity index is 268. The fourth-order valence-corrected chi connectivity index (χ4v) is 0.250. The molecule has 0 aliphatic carbocycles. The Morgan fingerprint density at radius 1 is 0.850 bits per heavy atom. The number of hydrogen-bond acceptors (Lipinski definition) is 6. The zero-order valence-electron chi connectivity index (χ0n) is 11.2. The van der Waals surface area contributed by atoms with Crippen molar-refractivity contribution in [2.24, 2.45) is 0 Å². The van der Waals surface area contributed by atoms with Crippen molar-refractivity contribution in [3.05, 3.63) is 30.6 Å². The number of hydrogen-bond donors (Lipinski definition) is 6. The van der Waals surface area contributed by atoms with Gasteiger partial charge in [-0.15, -0.1) is 0 Å². The molecule has 14 nitrogen and oxygen atoms in total. The van der Waals surface area contributed by atoms with Crippen LogP contribution in [0.3, 0.4) is 0 Å². The third-order valence-corrected chi connectivity index (χ3v) is 0.947. The average Bonchev–Trinajstić information content (AvgIpc) is 2.36. The molecule has 0 amide bonds. The molecule has 0 aliphatic heterocycles. The maximum atomic E-state index is 8.36. The molecule has 0 spiro atoms. The van der Waals surface area contributed by atoms with Gasteiger partial charge in [-0.2, -0.15) is 0 Å². The van der Waals surface area contributed by atoms with Crippen LogP contribution < -0.4 is 20.6 Å². The summed E-state index contributed by atoms with van der Waals surface area (Å²) in [6.45, 7) is 0. The molecule has 6 N–H and O–H groups in total. The lowest BCUT2D eigenvalue weighted by molar-refractivity contribution is -0.433. The van der Waals surface area contributed by atoms with E-state index in [1.807, 2.05) is 0 Å². The van der Waals surface area contributed by atoms with E-state index in [9.17, 15) is 0 Å². The van der Waals surface area contributed by atoms with Crippen molar-refractivity contribution in [3.8, 4) is 0 Å². The van der Waals surface area contributed by atoms with Gasteiger partial charge in [0.2, 0.25) is 0 Å². The Balaban J connectivity index is -0.0000000871. The highest BCUT2D eigenvalue weighted by atomic mass is 16.9. The zero-order chi connectivity index (χ0) is 17.1. The zero-order valence-corrected chi connectivity index (χ0v) is 11.2. The predicted octanol–water partition coefficient (Wildman–Crippen LogP) is -4.82. The first-order valence-electron chi connectivity index (χ1n) is 4.54. The van der Waals surface area contributed by atoms with Crippen LogP contribution in [0.4, 0.5) is 0 Å². The highest BCUT2D eigenvalue weighted by Gasteiger charge is 1.86. The van der Waals surface area contributed by atoms with Crippen molar-refractivity contribution in [2.45, 2.75) is 0 Å². The standard InChI is InChI=1S/2C3H8N2O.2NO3/c2*1-4-3(6)5-2;2*2-1(3)4/h2*1-2H3,(H2,4,5,6);;/q;;2*-1/p+2. The molecule has 0 bridgehead atoms. The van der Waals surface area contributed by atoms with E-state index >= 15 is 0 Å². The summed E-state index contributed by atoms with van der Waals surface area (Å²) in [5, 5.41) is 51.2. The van der Waals surface area contributed by atoms with E-state index in [2.05, 4.69) is 20.6 Å². The molecular weight excluding hydrogens is 284 g/mol. The number of aliphatic hydroxyl groups excluding tert-OH is 2. The molecule has 120 valence electrons. The summed E-state index contributed by atoms with van der Waals surface area (Å²) in [4.78, 5) is 21.5. The lowest BCUT2D eigenvalue weighted by atomic mass is 11.0. The maximum absolute atomic E-state index is 8.36. The van der Waals surface area contributed by atoms with Crippen molar-refractivity contribution in [2.75, 3.05) is 28.2 Å². The normalized spacial score (nSPS) is 9.20. The van der Waals surface area contributed by atoms with Gasteiger partial charge in [0.05, 0.1) is 38.4 Å². The summed E-state index contributed by atoms with van der Waals surface area (Å²) < 4.78 is 0. The molecule has 0 aliphatic rings. The minimum Gasteiger partial charge on any atom is -0.447 e. The van der Waals surface area contributed by atoms with Gasteiger partial charge in [0, 0.05) is 0 Å². The van der Waals surface area contributed by atoms with Crippen molar-refractivity contribution in [1.29, 1.82) is 0 Å². The van der Waals surface area contributed by atoms with Gasteiger partial charge in [-0.3, -0.25) is 0 Å². The van der Waals surface area contributed by atoms with Gasteiger partial charge in [0.25, 0.3) is 0 Å². The summed E-state index contributed by atoms with van der Waals surface area (Å²) in [5.74, 6) is 0. The summed E-state index contributed by atoms with van der Waals surface area (Å²) in [6, 6.07) is 0.185. The smallest absolute Gasteiger partial charge is 0.438 e. The molecule has 0 unspecified atom stereocenters. The highest BCUT2D eigenvalue weighted by molar-refractivity contribution is 5.63. The van der Waals surface area contributed by atoms with Crippen LogP contribution in [-0.4, -0.2) is 60.6 Å². The number of nitrogens with zero attached hydrogens (tertiary/aromatic N) is 2. The van der Waals surface area contributed by atoms with E-state index in [1.165, 1.54) is 0 Å². The molecule has 0 aromatic heterocycles. The summed E-state index contributed by atoms with van der Waals surface area (Å²) in [6.07, 6.45) is 0. The van der Waals surface area contributed by atoms with Crippen LogP contribution in [0.15, 0.2) is 0 Å². The monoisotopic (exact) mass is 302 g/mol. The third-order valence-electron chi connectivity index (χ3n) is 0.947. The lowest BCUT2D eigenvalue weighted by Crippen LogP contribution is -2.71. The minimum absolute atomic E-state index is 0.0926. The number of aliphatic hydroxyl groups is 2. The Labute approximate surface area is 113 Å². The highest BCUT2D eigenvalue weighted by Crippen LogP contribution is 1.44. The molecule has 0 radical (unpaired) electrons. The Morgan fingerprint density at radius 2 is 1.00 bits per heavy atom. The summed E-state index contributed by atoms with van der Waals surface area (Å²) >= 11 is 0. The topological polar surface area (TPSA) is 225 Å². The Kier molecular flexibility index (Phi) is 27.3. The van der Waals surface area contributed by atoms with Gasteiger partial charge in [0.15, 0.2) is 0 Å². The van der Waals surface area contributed by atoms with Crippen LogP contribution in [0.5, 0.6) is 0 Å². The van der Waals surface area contributed by atoms with Crippen LogP contribution in [-0.2, 0) is 0 Å². The van der Waals surface area contributed by atoms with Crippen molar-refractivity contribution in [1.82, 2.24) is 10.6 Å². The number of rotatable bonds is 0. The van der Waals surface area contributed by atoms with E-state index < -0.39 is 10.2 Å². The molecule has 14 heteroatoms. The largest absolute Gasteiger partial charge is 0.447 e. The van der Waals surface area contributed by atoms with Gasteiger partial charge in [-0.05, 0) is 0 Å². The van der Waals surface area contributed by atoms with Gasteiger partial charge in [-0.25, -0.2) is 20.6 Å². The van der Waals surface area contributed by atoms with Crippen molar-refractivity contribution < 1.29 is 30.4 Å². The molecule has 0 saturated heterocycles. The molecule has 20 heavy (non-hydrogen) atoms. The van der Waals surface area contributed by atoms with E-state index in [0.29, 0.717) is 0 Å². The second-order valence-corrected chi connectivity index (χ2v) is 2.14. The SMILES string of the molecule is CNC(O)=[NH+]C.CNC(O)=[NH+]C.O=[N+]([O-])[O-].O=[N+]([O-])[O-]. The average molecular weight is 302 g/mol. The minimum atomic E-state index is -1.75. The molecule has 0 heterocycles. The predicted molar refractivity (Wildman–Crippen MR) is 67.9 cm³/mol. The first-order valence-corrected chi connectivity index (χ1v) is 4.54. The Hall–Kier alpha value is -3.06. The molecule has 0 rings (SSSR count). The van der Waals surface area contributed by atoms with Crippen LogP contribution in [0.25, 0.3) is 0 Å². The molecule has 0 fully saturated rings. The molecule has 0 aromatic carbocycles. The summed E-state index contributed by atoms with van der Waals surface area (Å²) in [7, 11) is 6.52. The van der Waals surface area contributed by atoms with Crippen molar-refractivity contribution >= 4 is 12.0 Å². The number of nitrogens with one attached hydrogen (secondary N) is 4. The van der Waals surface area contributed by atoms with Crippen LogP contribution in [0.1, 0.15) is 0 Å². The van der Waals surface area contributed by atoms with E-state index in [-0.39, 0.29) is 12.0 Å². The first-order chi connectivity index (χ1) is 9.08. The molecular formula is C6H18N6O8. The fraction of sp³-hybridized carbons (Fsp3) is 0.667. The second kappa shape index (κ2) is 21.2. The van der Waals surface area contributed by atoms with E-state index in [4.69, 9.17) is 40.9 Å². The third kappa shape index (κ3) is 119. The lowest BCUT2D eigenvalue weighted by Gasteiger charge is -1.79. The van der Waals surface area contributed by atoms with E-state index in [0.717, 1.165) is 0 Å². The quantitative estimate of drug-likeness (QED) is 0.108. The van der Waals surface area contributed by atoms with Crippen LogP contribution >= 0.6 is 0 Å². The molecule has 0 atom stereocenters. The maximum Gasteiger partial charge on any atom is 0.438 e. The van der Waals surface area contributed by atoms with Gasteiger partial charge in [0.1, 0.15) is 0 Å². The van der Waals surface area contributed by atoms with Gasteiger partial charge in [-0.1, -0.05) is 0 Å². The molecule has 0 saturated carbocycles. The second-order valence-electron chi connectivity index (χ2n) is 2.14. The number of amidine groups is 2. The summed E-state index contributed by atoms with van der Waals surface area (Å²) in [5.41, 5.74) is 0.